The summed E-state index contributed by atoms with van der Waals surface area (Å²) in [5.74, 6) is -1.50. The fourth-order valence-corrected chi connectivity index (χ4v) is 3.49. The number of nitrogens with two attached hydrogens (primary N) is 1. The molecule has 3 aromatic rings. The molecule has 0 saturated heterocycles. The maximum Gasteiger partial charge on any atom is 0.414 e. The fourth-order valence-electron chi connectivity index (χ4n) is 3.49. The van der Waals surface area contributed by atoms with Crippen molar-refractivity contribution in [2.75, 3.05) is 11.9 Å². The molecule has 1 heterocycles. The van der Waals surface area contributed by atoms with E-state index in [4.69, 9.17) is 20.1 Å². The van der Waals surface area contributed by atoms with Crippen LogP contribution >= 0.6 is 0 Å². The number of carboxylic acid groups (broad SMARTS) is 1. The summed E-state index contributed by atoms with van der Waals surface area (Å²) >= 11 is 0. The Balaban J connectivity index is 1.50. The van der Waals surface area contributed by atoms with Gasteiger partial charge in [-0.3, -0.25) is 5.32 Å². The zero-order valence-corrected chi connectivity index (χ0v) is 14.7. The lowest BCUT2D eigenvalue weighted by molar-refractivity contribution is 0.0684. The zero-order valence-electron chi connectivity index (χ0n) is 14.7. The molecule has 1 aliphatic carbocycles. The number of hydrogen-bond acceptors (Lipinski definition) is 6. The van der Waals surface area contributed by atoms with E-state index in [1.807, 2.05) is 48.5 Å². The highest BCUT2D eigenvalue weighted by atomic mass is 16.6. The maximum atomic E-state index is 12.2. The summed E-state index contributed by atoms with van der Waals surface area (Å²) in [5.41, 5.74) is 9.72. The van der Waals surface area contributed by atoms with Crippen LogP contribution in [0.3, 0.4) is 0 Å². The Bertz CT molecular complexity index is 1010. The van der Waals surface area contributed by atoms with Gasteiger partial charge in [0, 0.05) is 12.5 Å². The van der Waals surface area contributed by atoms with E-state index < -0.39 is 12.1 Å². The van der Waals surface area contributed by atoms with Gasteiger partial charge in [-0.1, -0.05) is 53.7 Å². The van der Waals surface area contributed by atoms with E-state index in [0.29, 0.717) is 0 Å². The number of aromatic carboxylic acids is 1. The molecule has 142 valence electrons. The number of aromatic nitrogens is 1. The van der Waals surface area contributed by atoms with Crippen LogP contribution in [0.2, 0.25) is 0 Å². The van der Waals surface area contributed by atoms with E-state index >= 15 is 0 Å². The average molecular weight is 379 g/mol. The normalized spacial score (nSPS) is 12.3. The van der Waals surface area contributed by atoms with Crippen LogP contribution in [0.15, 0.2) is 53.1 Å². The summed E-state index contributed by atoms with van der Waals surface area (Å²) in [5, 5.41) is 14.8. The van der Waals surface area contributed by atoms with Gasteiger partial charge in [0.25, 0.3) is 0 Å². The molecular weight excluding hydrogens is 362 g/mol. The lowest BCUT2D eigenvalue weighted by Crippen LogP contribution is -2.19. The van der Waals surface area contributed by atoms with Gasteiger partial charge in [0.2, 0.25) is 5.88 Å². The highest BCUT2D eigenvalue weighted by Gasteiger charge is 2.29. The topological polar surface area (TPSA) is 128 Å². The van der Waals surface area contributed by atoms with Crippen molar-refractivity contribution in [3.8, 4) is 11.1 Å². The highest BCUT2D eigenvalue weighted by molar-refractivity contribution is 5.91. The number of amides is 1. The van der Waals surface area contributed by atoms with E-state index in [1.165, 1.54) is 0 Å². The Morgan fingerprint density at radius 3 is 2.29 bits per heavy atom. The molecule has 0 unspecified atom stereocenters. The quantitative estimate of drug-likeness (QED) is 0.621. The molecule has 0 fully saturated rings. The third-order valence-corrected chi connectivity index (χ3v) is 4.75. The molecule has 0 aliphatic heterocycles. The van der Waals surface area contributed by atoms with E-state index in [2.05, 4.69) is 10.5 Å². The molecule has 4 N–H and O–H groups in total. The predicted octanol–water partition coefficient (Wildman–Crippen LogP) is 3.19. The van der Waals surface area contributed by atoms with Gasteiger partial charge in [-0.25, -0.2) is 9.59 Å². The number of carbonyl (C=O) groups is 2. The molecular formula is C20H17N3O5. The number of rotatable bonds is 5. The number of anilines is 1. The van der Waals surface area contributed by atoms with Crippen LogP contribution in [0.4, 0.5) is 10.7 Å². The average Bonchev–Trinajstić information content (AvgIpc) is 3.25. The standard InChI is InChI=1S/C20H17N3O5/c21-9-15-17(19(24)25)23-28-18(15)22-20(26)27-10-16-13-7-3-1-5-11(13)12-6-2-4-8-14(12)16/h1-8,16H,9-10,21H2,(H,22,26)(H,24,25). The Morgan fingerprint density at radius 2 is 1.71 bits per heavy atom. The summed E-state index contributed by atoms with van der Waals surface area (Å²) in [6, 6.07) is 16.0. The van der Waals surface area contributed by atoms with Crippen molar-refractivity contribution in [2.24, 2.45) is 5.73 Å². The predicted molar refractivity (Wildman–Crippen MR) is 100 cm³/mol. The second-order valence-corrected chi connectivity index (χ2v) is 6.30. The van der Waals surface area contributed by atoms with Crippen molar-refractivity contribution in [2.45, 2.75) is 12.5 Å². The van der Waals surface area contributed by atoms with Gasteiger partial charge in [0.1, 0.15) is 6.61 Å². The Morgan fingerprint density at radius 1 is 1.11 bits per heavy atom. The molecule has 1 amide bonds. The van der Waals surface area contributed by atoms with Crippen molar-refractivity contribution in [1.82, 2.24) is 5.16 Å². The van der Waals surface area contributed by atoms with Crippen LogP contribution < -0.4 is 11.1 Å². The lowest BCUT2D eigenvalue weighted by Gasteiger charge is -2.14. The summed E-state index contributed by atoms with van der Waals surface area (Å²) in [4.78, 5) is 23.3. The first-order valence-corrected chi connectivity index (χ1v) is 8.64. The van der Waals surface area contributed by atoms with Gasteiger partial charge >= 0.3 is 12.1 Å². The molecule has 8 nitrogen and oxygen atoms in total. The number of benzene rings is 2. The zero-order chi connectivity index (χ0) is 19.7. The monoisotopic (exact) mass is 379 g/mol. The lowest BCUT2D eigenvalue weighted by atomic mass is 9.98. The van der Waals surface area contributed by atoms with Gasteiger partial charge in [0.05, 0.1) is 5.56 Å². The van der Waals surface area contributed by atoms with Crippen molar-refractivity contribution in [1.29, 1.82) is 0 Å². The first kappa shape index (κ1) is 17.7. The number of carboxylic acids is 1. The van der Waals surface area contributed by atoms with Crippen molar-refractivity contribution in [3.05, 3.63) is 70.9 Å². The second kappa shape index (κ2) is 7.16. The van der Waals surface area contributed by atoms with Crippen LogP contribution in [0.25, 0.3) is 11.1 Å². The second-order valence-electron chi connectivity index (χ2n) is 6.30. The smallest absolute Gasteiger partial charge is 0.414 e. The number of ether oxygens (including phenoxy) is 1. The number of hydrogen-bond donors (Lipinski definition) is 3. The van der Waals surface area contributed by atoms with Gasteiger partial charge in [0.15, 0.2) is 5.69 Å². The van der Waals surface area contributed by atoms with E-state index in [0.717, 1.165) is 22.3 Å². The minimum Gasteiger partial charge on any atom is -0.476 e. The van der Waals surface area contributed by atoms with Gasteiger partial charge in [-0.2, -0.15) is 0 Å². The molecule has 0 spiro atoms. The minimum atomic E-state index is -1.29. The van der Waals surface area contributed by atoms with Crippen molar-refractivity contribution in [3.63, 3.8) is 0 Å². The Kier molecular flexibility index (Phi) is 4.54. The fraction of sp³-hybridized carbons (Fsp3) is 0.150. The number of carbonyl (C=O) groups excluding carboxylic acids is 1. The van der Waals surface area contributed by atoms with E-state index in [9.17, 15) is 9.59 Å². The van der Waals surface area contributed by atoms with E-state index in [1.54, 1.807) is 0 Å². The molecule has 0 bridgehead atoms. The molecule has 2 aromatic carbocycles. The van der Waals surface area contributed by atoms with Crippen molar-refractivity contribution >= 4 is 17.9 Å². The largest absolute Gasteiger partial charge is 0.476 e. The van der Waals surface area contributed by atoms with Crippen molar-refractivity contribution < 1.29 is 24.0 Å². The molecule has 0 saturated carbocycles. The molecule has 0 atom stereocenters. The molecule has 1 aromatic heterocycles. The molecule has 28 heavy (non-hydrogen) atoms. The highest BCUT2D eigenvalue weighted by Crippen LogP contribution is 2.44. The summed E-state index contributed by atoms with van der Waals surface area (Å²) in [7, 11) is 0. The molecule has 4 rings (SSSR count). The summed E-state index contributed by atoms with van der Waals surface area (Å²) in [6.07, 6.45) is -0.773. The van der Waals surface area contributed by atoms with Crippen LogP contribution in [-0.2, 0) is 11.3 Å². The van der Waals surface area contributed by atoms with E-state index in [-0.39, 0.29) is 36.2 Å². The number of nitrogens with zero attached hydrogens (tertiary/aromatic N) is 1. The Labute approximate surface area is 159 Å². The summed E-state index contributed by atoms with van der Waals surface area (Å²) in [6.45, 7) is -0.0259. The molecule has 1 aliphatic rings. The first-order chi connectivity index (χ1) is 13.6. The van der Waals surface area contributed by atoms with Crippen LogP contribution in [0, 0.1) is 0 Å². The SMILES string of the molecule is NCc1c(C(=O)O)noc1NC(=O)OCC1c2ccccc2-c2ccccc21. The van der Waals surface area contributed by atoms with Crippen LogP contribution in [-0.4, -0.2) is 28.9 Å². The van der Waals surface area contributed by atoms with Gasteiger partial charge in [-0.15, -0.1) is 0 Å². The van der Waals surface area contributed by atoms with Crippen LogP contribution in [0.5, 0.6) is 0 Å². The number of fused-ring (bicyclic) bond motifs is 3. The Hall–Kier alpha value is -3.65. The maximum absolute atomic E-state index is 12.2. The third-order valence-electron chi connectivity index (χ3n) is 4.75. The molecule has 8 heteroatoms. The third kappa shape index (κ3) is 2.99. The minimum absolute atomic E-state index is 0.0866. The number of nitrogens with one attached hydrogen (secondary N) is 1. The van der Waals surface area contributed by atoms with Gasteiger partial charge < -0.3 is 20.1 Å². The molecule has 0 radical (unpaired) electrons. The van der Waals surface area contributed by atoms with Crippen LogP contribution in [0.1, 0.15) is 33.1 Å². The van der Waals surface area contributed by atoms with Gasteiger partial charge in [-0.05, 0) is 22.3 Å². The first-order valence-electron chi connectivity index (χ1n) is 8.64. The summed E-state index contributed by atoms with van der Waals surface area (Å²) < 4.78 is 10.3.